The highest BCUT2D eigenvalue weighted by atomic mass is 16.6. The lowest BCUT2D eigenvalue weighted by molar-refractivity contribution is 0.306. The number of aromatic nitrogens is 2. The minimum atomic E-state index is 0.338. The molecule has 0 unspecified atom stereocenters. The molecule has 0 aliphatic heterocycles. The van der Waals surface area contributed by atoms with Gasteiger partial charge in [-0.05, 0) is 23.2 Å². The molecule has 0 aliphatic rings. The van der Waals surface area contributed by atoms with Gasteiger partial charge in [-0.1, -0.05) is 29.4 Å². The van der Waals surface area contributed by atoms with Gasteiger partial charge in [-0.2, -0.15) is 0 Å². The summed E-state index contributed by atoms with van der Waals surface area (Å²) in [6, 6.07) is 8.03. The van der Waals surface area contributed by atoms with Crippen LogP contribution in [0.1, 0.15) is 16.8 Å². The van der Waals surface area contributed by atoms with Gasteiger partial charge in [-0.15, -0.1) is 0 Å². The van der Waals surface area contributed by atoms with E-state index in [0.717, 1.165) is 5.56 Å². The molecular formula is C11H12N4O. The first kappa shape index (κ1) is 10.4. The summed E-state index contributed by atoms with van der Waals surface area (Å²) in [5.74, 6) is 0.338. The number of aryl methyl sites for hydroxylation is 1. The molecule has 0 atom stereocenters. The maximum absolute atomic E-state index is 5.72. The largest absolute Gasteiger partial charge is 0.382 e. The van der Waals surface area contributed by atoms with Gasteiger partial charge in [0.15, 0.2) is 5.69 Å². The molecule has 1 aromatic heterocycles. The third kappa shape index (κ3) is 2.25. The van der Waals surface area contributed by atoms with Crippen molar-refractivity contribution in [1.29, 1.82) is 0 Å². The Labute approximate surface area is 93.0 Å². The molecule has 0 saturated carbocycles. The molecule has 1 heterocycles. The van der Waals surface area contributed by atoms with Crippen LogP contribution in [-0.2, 0) is 6.54 Å². The zero-order valence-electron chi connectivity index (χ0n) is 8.92. The zero-order chi connectivity index (χ0) is 11.4. The molecule has 5 nitrogen and oxygen atoms in total. The van der Waals surface area contributed by atoms with Gasteiger partial charge >= 0.3 is 0 Å². The fourth-order valence-electron chi connectivity index (χ4n) is 1.32. The minimum absolute atomic E-state index is 0.338. The summed E-state index contributed by atoms with van der Waals surface area (Å²) in [5.41, 5.74) is 8.52. The van der Waals surface area contributed by atoms with Crippen LogP contribution in [0.2, 0.25) is 0 Å². The smallest absolute Gasteiger partial charge is 0.169 e. The molecule has 82 valence electrons. The Hall–Kier alpha value is -2.17. The number of aliphatic imine (C=N–C) groups is 1. The van der Waals surface area contributed by atoms with Crippen molar-refractivity contribution in [3.05, 3.63) is 47.3 Å². The van der Waals surface area contributed by atoms with Crippen LogP contribution < -0.4 is 5.73 Å². The summed E-state index contributed by atoms with van der Waals surface area (Å²) in [4.78, 5) is 4.23. The average molecular weight is 216 g/mol. The molecule has 0 bridgehead atoms. The van der Waals surface area contributed by atoms with E-state index in [1.165, 1.54) is 11.8 Å². The van der Waals surface area contributed by atoms with Crippen LogP contribution in [-0.4, -0.2) is 16.1 Å². The number of hydrogen-bond acceptors (Lipinski definition) is 4. The molecule has 0 saturated heterocycles. The lowest BCUT2D eigenvalue weighted by atomic mass is 10.1. The van der Waals surface area contributed by atoms with Crippen LogP contribution >= 0.6 is 0 Å². The average Bonchev–Trinajstić information content (AvgIpc) is 2.81. The predicted molar refractivity (Wildman–Crippen MR) is 59.9 cm³/mol. The van der Waals surface area contributed by atoms with Crippen LogP contribution in [0.3, 0.4) is 0 Å². The van der Waals surface area contributed by atoms with Crippen LogP contribution in [0.5, 0.6) is 0 Å². The molecule has 0 spiro atoms. The molecule has 0 amide bonds. The summed E-state index contributed by atoms with van der Waals surface area (Å²) in [6.45, 7) is 2.57. The molecule has 0 fully saturated rings. The number of nitrogens with two attached hydrogens (primary N) is 1. The van der Waals surface area contributed by atoms with Crippen molar-refractivity contribution in [2.75, 3.05) is 0 Å². The SMILES string of the molecule is Cc1ccccc1CN=C(N)c1cnon1. The molecule has 16 heavy (non-hydrogen) atoms. The van der Waals surface area contributed by atoms with Gasteiger partial charge in [0.25, 0.3) is 0 Å². The second-order valence-corrected chi connectivity index (χ2v) is 3.42. The molecule has 2 N–H and O–H groups in total. The monoisotopic (exact) mass is 216 g/mol. The second kappa shape index (κ2) is 4.57. The summed E-state index contributed by atoms with van der Waals surface area (Å²) in [7, 11) is 0. The summed E-state index contributed by atoms with van der Waals surface area (Å²) < 4.78 is 4.45. The van der Waals surface area contributed by atoms with Crippen molar-refractivity contribution in [2.45, 2.75) is 13.5 Å². The minimum Gasteiger partial charge on any atom is -0.382 e. The van der Waals surface area contributed by atoms with Gasteiger partial charge in [0.2, 0.25) is 0 Å². The molecule has 0 radical (unpaired) electrons. The third-order valence-electron chi connectivity index (χ3n) is 2.30. The van der Waals surface area contributed by atoms with Gasteiger partial charge in [-0.25, -0.2) is 4.63 Å². The molecule has 2 rings (SSSR count). The van der Waals surface area contributed by atoms with E-state index in [1.807, 2.05) is 31.2 Å². The third-order valence-corrected chi connectivity index (χ3v) is 2.30. The first-order valence-electron chi connectivity index (χ1n) is 4.90. The van der Waals surface area contributed by atoms with E-state index in [4.69, 9.17) is 5.73 Å². The summed E-state index contributed by atoms with van der Waals surface area (Å²) >= 11 is 0. The Kier molecular flexibility index (Phi) is 2.95. The van der Waals surface area contributed by atoms with Crippen molar-refractivity contribution >= 4 is 5.84 Å². The van der Waals surface area contributed by atoms with E-state index < -0.39 is 0 Å². The summed E-state index contributed by atoms with van der Waals surface area (Å²) in [6.07, 6.45) is 1.44. The van der Waals surface area contributed by atoms with Gasteiger partial charge in [-0.3, -0.25) is 4.99 Å². The first-order chi connectivity index (χ1) is 7.77. The molecule has 2 aromatic rings. The van der Waals surface area contributed by atoms with Crippen LogP contribution in [0, 0.1) is 6.92 Å². The Morgan fingerprint density at radius 1 is 1.44 bits per heavy atom. The summed E-state index contributed by atoms with van der Waals surface area (Å²) in [5, 5.41) is 7.08. The van der Waals surface area contributed by atoms with E-state index in [1.54, 1.807) is 0 Å². The van der Waals surface area contributed by atoms with Crippen LogP contribution in [0.4, 0.5) is 0 Å². The van der Waals surface area contributed by atoms with E-state index in [2.05, 4.69) is 19.9 Å². The van der Waals surface area contributed by atoms with Crippen molar-refractivity contribution in [1.82, 2.24) is 10.3 Å². The highest BCUT2D eigenvalue weighted by Crippen LogP contribution is 2.08. The topological polar surface area (TPSA) is 77.3 Å². The molecule has 1 aromatic carbocycles. The standard InChI is InChI=1S/C11H12N4O/c1-8-4-2-3-5-9(8)6-13-11(12)10-7-14-16-15-10/h2-5,7H,6H2,1H3,(H2,12,13). The second-order valence-electron chi connectivity index (χ2n) is 3.42. The van der Waals surface area contributed by atoms with Gasteiger partial charge in [0.1, 0.15) is 12.0 Å². The zero-order valence-corrected chi connectivity index (χ0v) is 8.92. The molecule has 5 heteroatoms. The van der Waals surface area contributed by atoms with E-state index in [0.29, 0.717) is 18.1 Å². The number of benzene rings is 1. The Morgan fingerprint density at radius 3 is 2.94 bits per heavy atom. The fourth-order valence-corrected chi connectivity index (χ4v) is 1.32. The van der Waals surface area contributed by atoms with Gasteiger partial charge < -0.3 is 5.73 Å². The van der Waals surface area contributed by atoms with Crippen molar-refractivity contribution in [2.24, 2.45) is 10.7 Å². The Morgan fingerprint density at radius 2 is 2.25 bits per heavy atom. The maximum Gasteiger partial charge on any atom is 0.169 e. The molecule has 0 aliphatic carbocycles. The molecular weight excluding hydrogens is 204 g/mol. The highest BCUT2D eigenvalue weighted by molar-refractivity contribution is 5.95. The normalized spacial score (nSPS) is 11.7. The van der Waals surface area contributed by atoms with Crippen molar-refractivity contribution in [3.8, 4) is 0 Å². The Balaban J connectivity index is 2.13. The lowest BCUT2D eigenvalue weighted by Gasteiger charge is -2.01. The fraction of sp³-hybridized carbons (Fsp3) is 0.182. The first-order valence-corrected chi connectivity index (χ1v) is 4.90. The number of hydrogen-bond donors (Lipinski definition) is 1. The predicted octanol–water partition coefficient (Wildman–Crippen LogP) is 1.28. The maximum atomic E-state index is 5.72. The Bertz CT molecular complexity index is 490. The van der Waals surface area contributed by atoms with Crippen LogP contribution in [0.15, 0.2) is 40.1 Å². The van der Waals surface area contributed by atoms with E-state index in [-0.39, 0.29) is 0 Å². The van der Waals surface area contributed by atoms with Gasteiger partial charge in [0, 0.05) is 0 Å². The van der Waals surface area contributed by atoms with E-state index in [9.17, 15) is 0 Å². The van der Waals surface area contributed by atoms with Crippen LogP contribution in [0.25, 0.3) is 0 Å². The van der Waals surface area contributed by atoms with Gasteiger partial charge in [0.05, 0.1) is 6.54 Å². The van der Waals surface area contributed by atoms with Crippen molar-refractivity contribution in [3.63, 3.8) is 0 Å². The van der Waals surface area contributed by atoms with Crippen molar-refractivity contribution < 1.29 is 4.63 Å². The number of rotatable bonds is 3. The number of amidine groups is 1. The number of nitrogens with zero attached hydrogens (tertiary/aromatic N) is 3. The lowest BCUT2D eigenvalue weighted by Crippen LogP contribution is -2.14. The van der Waals surface area contributed by atoms with E-state index >= 15 is 0 Å². The highest BCUT2D eigenvalue weighted by Gasteiger charge is 2.03. The quantitative estimate of drug-likeness (QED) is 0.619.